The molecule has 4 aliphatic carbocycles. The molecular formula is C21H26ClFO4. The highest BCUT2D eigenvalue weighted by Gasteiger charge is 2.73. The molecule has 0 aromatic heterocycles. The minimum atomic E-state index is -1.72. The molecule has 148 valence electrons. The predicted molar refractivity (Wildman–Crippen MR) is 99.0 cm³/mol. The molecule has 0 amide bonds. The van der Waals surface area contributed by atoms with Crippen LogP contribution < -0.4 is 0 Å². The Balaban J connectivity index is 1.81. The normalized spacial score (nSPS) is 51.3. The SMILES string of the molecule is C[C@]12C=CC(=O)C=C1CC[C@H]1[C@@H]3CC[C@](O)(C(=O)CO)[C@@]3(C)CC(F)[C@@]12Cl. The third kappa shape index (κ3) is 2.11. The van der Waals surface area contributed by atoms with Crippen LogP contribution in [0.5, 0.6) is 0 Å². The van der Waals surface area contributed by atoms with Crippen molar-refractivity contribution in [3.8, 4) is 0 Å². The number of Topliss-reactive ketones (excluding diaryl/α,β-unsaturated/α-hetero) is 1. The molecule has 3 fully saturated rings. The maximum absolute atomic E-state index is 15.8. The largest absolute Gasteiger partial charge is 0.388 e. The van der Waals surface area contributed by atoms with Gasteiger partial charge in [0.2, 0.25) is 0 Å². The molecule has 0 aromatic rings. The van der Waals surface area contributed by atoms with Gasteiger partial charge in [-0.2, -0.15) is 0 Å². The maximum atomic E-state index is 15.8. The first-order valence-electron chi connectivity index (χ1n) is 9.68. The number of alkyl halides is 2. The molecule has 2 N–H and O–H groups in total. The number of hydrogen-bond acceptors (Lipinski definition) is 4. The van der Waals surface area contributed by atoms with Crippen molar-refractivity contribution in [3.05, 3.63) is 23.8 Å². The fraction of sp³-hybridized carbons (Fsp3) is 0.714. The molecule has 3 saturated carbocycles. The minimum Gasteiger partial charge on any atom is -0.388 e. The summed E-state index contributed by atoms with van der Waals surface area (Å²) < 4.78 is 15.8. The Hall–Kier alpha value is -1.04. The fourth-order valence-corrected chi connectivity index (χ4v) is 7.26. The molecule has 6 heteroatoms. The Morgan fingerprint density at radius 1 is 1.33 bits per heavy atom. The van der Waals surface area contributed by atoms with E-state index in [9.17, 15) is 19.8 Å². The number of aliphatic hydroxyl groups is 2. The molecule has 4 rings (SSSR count). The van der Waals surface area contributed by atoms with Gasteiger partial charge in [0.1, 0.15) is 18.4 Å². The lowest BCUT2D eigenvalue weighted by Gasteiger charge is -2.63. The third-order valence-electron chi connectivity index (χ3n) is 8.35. The standard InChI is InChI=1S/C21H26ClFO4/c1-18-7-5-13(25)9-12(18)3-4-15-14-6-8-20(27,17(26)11-24)19(14,2)10-16(23)21(15,18)22/h5,7,9,14-16,24,27H,3-4,6,8,10-11H2,1-2H3/t14-,15-,16?,18-,19-,20-,21-/m0/s1. The molecule has 27 heavy (non-hydrogen) atoms. The van der Waals surface area contributed by atoms with Crippen LogP contribution in [0.25, 0.3) is 0 Å². The van der Waals surface area contributed by atoms with E-state index in [0.717, 1.165) is 5.57 Å². The summed E-state index contributed by atoms with van der Waals surface area (Å²) in [5, 5.41) is 20.5. The molecule has 0 radical (unpaired) electrons. The second-order valence-corrected chi connectivity index (χ2v) is 9.82. The van der Waals surface area contributed by atoms with Crippen LogP contribution >= 0.6 is 11.6 Å². The van der Waals surface area contributed by atoms with Crippen LogP contribution in [0.4, 0.5) is 4.39 Å². The van der Waals surface area contributed by atoms with E-state index in [1.54, 1.807) is 19.1 Å². The van der Waals surface area contributed by atoms with E-state index in [2.05, 4.69) is 0 Å². The molecule has 0 bridgehead atoms. The first-order valence-corrected chi connectivity index (χ1v) is 10.1. The van der Waals surface area contributed by atoms with Crippen molar-refractivity contribution in [1.82, 2.24) is 0 Å². The summed E-state index contributed by atoms with van der Waals surface area (Å²) in [5.74, 6) is -1.08. The highest BCUT2D eigenvalue weighted by Crippen LogP contribution is 2.71. The van der Waals surface area contributed by atoms with Crippen molar-refractivity contribution in [2.45, 2.75) is 62.6 Å². The number of ketones is 2. The average Bonchev–Trinajstić information content (AvgIpc) is 2.88. The van der Waals surface area contributed by atoms with E-state index in [-0.39, 0.29) is 30.5 Å². The van der Waals surface area contributed by atoms with Crippen molar-refractivity contribution in [2.24, 2.45) is 22.7 Å². The Morgan fingerprint density at radius 2 is 2.04 bits per heavy atom. The van der Waals surface area contributed by atoms with Crippen molar-refractivity contribution < 1.29 is 24.2 Å². The summed E-state index contributed by atoms with van der Waals surface area (Å²) in [4.78, 5) is 23.0. The number of allylic oxidation sites excluding steroid dienone is 4. The number of rotatable bonds is 2. The number of carbonyl (C=O) groups excluding carboxylic acids is 2. The van der Waals surface area contributed by atoms with Crippen molar-refractivity contribution in [3.63, 3.8) is 0 Å². The van der Waals surface area contributed by atoms with Gasteiger partial charge in [-0.15, -0.1) is 11.6 Å². The van der Waals surface area contributed by atoms with Crippen LogP contribution in [0, 0.1) is 22.7 Å². The van der Waals surface area contributed by atoms with E-state index < -0.39 is 39.9 Å². The lowest BCUT2D eigenvalue weighted by molar-refractivity contribution is -0.168. The Labute approximate surface area is 163 Å². The summed E-state index contributed by atoms with van der Waals surface area (Å²) in [7, 11) is 0. The Kier molecular flexibility index (Phi) is 4.10. The molecular weight excluding hydrogens is 371 g/mol. The zero-order valence-electron chi connectivity index (χ0n) is 15.7. The maximum Gasteiger partial charge on any atom is 0.190 e. The fourth-order valence-electron chi connectivity index (χ4n) is 6.74. The van der Waals surface area contributed by atoms with E-state index in [4.69, 9.17) is 11.6 Å². The number of fused-ring (bicyclic) bond motifs is 5. The van der Waals surface area contributed by atoms with E-state index >= 15 is 4.39 Å². The lowest BCUT2D eigenvalue weighted by Crippen LogP contribution is -2.67. The van der Waals surface area contributed by atoms with Gasteiger partial charge in [-0.1, -0.05) is 25.5 Å². The van der Waals surface area contributed by atoms with Crippen LogP contribution in [-0.4, -0.2) is 45.0 Å². The van der Waals surface area contributed by atoms with Crippen LogP contribution in [0.15, 0.2) is 23.8 Å². The molecule has 1 unspecified atom stereocenters. The zero-order chi connectivity index (χ0) is 19.8. The highest BCUT2D eigenvalue weighted by atomic mass is 35.5. The number of hydrogen-bond donors (Lipinski definition) is 2. The van der Waals surface area contributed by atoms with Gasteiger partial charge in [0.25, 0.3) is 0 Å². The van der Waals surface area contributed by atoms with Crippen molar-refractivity contribution >= 4 is 23.2 Å². The summed E-state index contributed by atoms with van der Waals surface area (Å²) in [5.41, 5.74) is -2.58. The monoisotopic (exact) mass is 396 g/mol. The van der Waals surface area contributed by atoms with Gasteiger partial charge >= 0.3 is 0 Å². The van der Waals surface area contributed by atoms with Gasteiger partial charge in [0.05, 0.1) is 4.87 Å². The van der Waals surface area contributed by atoms with Crippen LogP contribution in [-0.2, 0) is 9.59 Å². The second kappa shape index (κ2) is 5.74. The first-order chi connectivity index (χ1) is 12.5. The Morgan fingerprint density at radius 3 is 2.70 bits per heavy atom. The quantitative estimate of drug-likeness (QED) is 0.704. The molecule has 0 spiro atoms. The van der Waals surface area contributed by atoms with Crippen molar-refractivity contribution in [2.75, 3.05) is 6.61 Å². The predicted octanol–water partition coefficient (Wildman–Crippen LogP) is 2.90. The van der Waals surface area contributed by atoms with Crippen LogP contribution in [0.2, 0.25) is 0 Å². The van der Waals surface area contributed by atoms with Gasteiger partial charge in [-0.05, 0) is 56.1 Å². The number of aliphatic hydroxyl groups excluding tert-OH is 1. The molecule has 7 atom stereocenters. The number of halogens is 2. The summed E-state index contributed by atoms with van der Waals surface area (Å²) >= 11 is 7.13. The minimum absolute atomic E-state index is 0.0371. The zero-order valence-corrected chi connectivity index (χ0v) is 16.4. The molecule has 4 aliphatic rings. The topological polar surface area (TPSA) is 74.6 Å². The van der Waals surface area contributed by atoms with Gasteiger partial charge < -0.3 is 10.2 Å². The van der Waals surface area contributed by atoms with Gasteiger partial charge in [-0.3, -0.25) is 9.59 Å². The molecule has 4 nitrogen and oxygen atoms in total. The molecule has 0 aliphatic heterocycles. The highest BCUT2D eigenvalue weighted by molar-refractivity contribution is 6.26. The molecule has 0 saturated heterocycles. The van der Waals surface area contributed by atoms with E-state index in [1.807, 2.05) is 6.92 Å². The molecule has 0 aromatic carbocycles. The second-order valence-electron chi connectivity index (χ2n) is 9.20. The summed E-state index contributed by atoms with van der Waals surface area (Å²) in [6.07, 6.45) is 5.38. The van der Waals surface area contributed by atoms with Gasteiger partial charge in [0, 0.05) is 10.8 Å². The Bertz CT molecular complexity index is 778. The van der Waals surface area contributed by atoms with Gasteiger partial charge in [0.15, 0.2) is 11.6 Å². The number of carbonyl (C=O) groups is 2. The van der Waals surface area contributed by atoms with Gasteiger partial charge in [-0.25, -0.2) is 4.39 Å². The van der Waals surface area contributed by atoms with E-state index in [1.165, 1.54) is 6.08 Å². The van der Waals surface area contributed by atoms with Crippen molar-refractivity contribution in [1.29, 1.82) is 0 Å². The van der Waals surface area contributed by atoms with Crippen LogP contribution in [0.1, 0.15) is 46.0 Å². The summed E-state index contributed by atoms with van der Waals surface area (Å²) in [6.45, 7) is 2.92. The third-order valence-corrected chi connectivity index (χ3v) is 9.26. The molecule has 0 heterocycles. The van der Waals surface area contributed by atoms with E-state index in [0.29, 0.717) is 19.3 Å². The average molecular weight is 397 g/mol. The first kappa shape index (κ1) is 19.3. The van der Waals surface area contributed by atoms with Crippen LogP contribution in [0.3, 0.4) is 0 Å². The lowest BCUT2D eigenvalue weighted by atomic mass is 9.46. The smallest absolute Gasteiger partial charge is 0.190 e. The summed E-state index contributed by atoms with van der Waals surface area (Å²) in [6, 6.07) is 0.